The van der Waals surface area contributed by atoms with E-state index in [1.807, 2.05) is 30.1 Å². The third-order valence-electron chi connectivity index (χ3n) is 3.11. The summed E-state index contributed by atoms with van der Waals surface area (Å²) in [5.41, 5.74) is 8.25. The number of carboxylic acid groups (broad SMARTS) is 1. The molecule has 3 N–H and O–H groups in total. The molecule has 110 valence electrons. The first-order valence-electron chi connectivity index (χ1n) is 6.16. The smallest absolute Gasteiger partial charge is 0.335 e. The lowest BCUT2D eigenvalue weighted by Crippen LogP contribution is -2.18. The second-order valence-electron chi connectivity index (χ2n) is 4.67. The molecule has 6 heteroatoms. The number of nitrogen functional groups attached to an aromatic ring is 1. The first-order chi connectivity index (χ1) is 9.88. The van der Waals surface area contributed by atoms with E-state index in [1.165, 1.54) is 12.1 Å². The third-order valence-corrected chi connectivity index (χ3v) is 3.95. The third kappa shape index (κ3) is 3.68. The average Bonchev–Trinajstić information content (AvgIpc) is 2.41. The molecule has 0 bridgehead atoms. The maximum Gasteiger partial charge on any atom is 0.335 e. The van der Waals surface area contributed by atoms with Crippen LogP contribution in [0.4, 0.5) is 11.4 Å². The number of hydrogen-bond donors (Lipinski definition) is 2. The standard InChI is InChI=1S/C15H14BrClN2O2/c1-19(8-10-2-4-11(16)7-12(10)17)14-5-3-9(15(20)21)6-13(14)18/h2-7H,8,18H2,1H3,(H,20,21). The van der Waals surface area contributed by atoms with Crippen LogP contribution in [0.15, 0.2) is 40.9 Å². The number of carboxylic acids is 1. The molecule has 0 heterocycles. The summed E-state index contributed by atoms with van der Waals surface area (Å²) in [6.45, 7) is 0.572. The highest BCUT2D eigenvalue weighted by Crippen LogP contribution is 2.27. The summed E-state index contributed by atoms with van der Waals surface area (Å²) in [6.07, 6.45) is 0. The number of anilines is 2. The topological polar surface area (TPSA) is 66.6 Å². The summed E-state index contributed by atoms with van der Waals surface area (Å²) in [5, 5.41) is 9.61. The van der Waals surface area contributed by atoms with Gasteiger partial charge in [0.15, 0.2) is 0 Å². The molecular formula is C15H14BrClN2O2. The lowest BCUT2D eigenvalue weighted by molar-refractivity contribution is 0.0697. The Hall–Kier alpha value is -1.72. The summed E-state index contributed by atoms with van der Waals surface area (Å²) >= 11 is 9.57. The number of carbonyl (C=O) groups is 1. The van der Waals surface area contributed by atoms with Crippen molar-refractivity contribution in [1.29, 1.82) is 0 Å². The zero-order chi connectivity index (χ0) is 15.6. The van der Waals surface area contributed by atoms with Gasteiger partial charge in [-0.25, -0.2) is 4.79 Å². The molecule has 21 heavy (non-hydrogen) atoms. The van der Waals surface area contributed by atoms with E-state index in [2.05, 4.69) is 15.9 Å². The molecular weight excluding hydrogens is 356 g/mol. The minimum Gasteiger partial charge on any atom is -0.478 e. The van der Waals surface area contributed by atoms with Crippen LogP contribution in [-0.4, -0.2) is 18.1 Å². The SMILES string of the molecule is CN(Cc1ccc(Br)cc1Cl)c1ccc(C(=O)O)cc1N. The molecule has 0 fully saturated rings. The molecule has 0 atom stereocenters. The average molecular weight is 370 g/mol. The van der Waals surface area contributed by atoms with Gasteiger partial charge in [-0.1, -0.05) is 33.6 Å². The van der Waals surface area contributed by atoms with Gasteiger partial charge in [0.1, 0.15) is 0 Å². The molecule has 0 aliphatic rings. The Bertz CT molecular complexity index is 691. The zero-order valence-electron chi connectivity index (χ0n) is 11.3. The van der Waals surface area contributed by atoms with Gasteiger partial charge in [0, 0.05) is 23.1 Å². The van der Waals surface area contributed by atoms with Gasteiger partial charge in [0.2, 0.25) is 0 Å². The van der Waals surface area contributed by atoms with E-state index in [-0.39, 0.29) is 5.56 Å². The van der Waals surface area contributed by atoms with Crippen molar-refractivity contribution in [2.75, 3.05) is 17.7 Å². The van der Waals surface area contributed by atoms with Gasteiger partial charge in [0.25, 0.3) is 0 Å². The molecule has 0 aromatic heterocycles. The van der Waals surface area contributed by atoms with Crippen LogP contribution in [0.3, 0.4) is 0 Å². The van der Waals surface area contributed by atoms with Crippen molar-refractivity contribution >= 4 is 44.9 Å². The summed E-state index contributed by atoms with van der Waals surface area (Å²) in [6, 6.07) is 10.4. The minimum atomic E-state index is -0.994. The van der Waals surface area contributed by atoms with Crippen LogP contribution in [0.2, 0.25) is 5.02 Å². The van der Waals surface area contributed by atoms with Gasteiger partial charge >= 0.3 is 5.97 Å². The molecule has 0 saturated carbocycles. The van der Waals surface area contributed by atoms with Gasteiger partial charge in [-0.15, -0.1) is 0 Å². The van der Waals surface area contributed by atoms with Crippen LogP contribution in [0.1, 0.15) is 15.9 Å². The highest BCUT2D eigenvalue weighted by molar-refractivity contribution is 9.10. The highest BCUT2D eigenvalue weighted by atomic mass is 79.9. The number of halogens is 2. The second-order valence-corrected chi connectivity index (χ2v) is 5.99. The molecule has 0 aliphatic heterocycles. The Labute approximate surface area is 136 Å². The van der Waals surface area contributed by atoms with E-state index in [4.69, 9.17) is 22.4 Å². The number of benzene rings is 2. The lowest BCUT2D eigenvalue weighted by Gasteiger charge is -2.22. The van der Waals surface area contributed by atoms with Crippen molar-refractivity contribution in [1.82, 2.24) is 0 Å². The molecule has 0 spiro atoms. The van der Waals surface area contributed by atoms with Crippen molar-refractivity contribution in [2.24, 2.45) is 0 Å². The predicted molar refractivity (Wildman–Crippen MR) is 89.1 cm³/mol. The number of hydrogen-bond acceptors (Lipinski definition) is 3. The molecule has 0 unspecified atom stereocenters. The van der Waals surface area contributed by atoms with Gasteiger partial charge in [-0.2, -0.15) is 0 Å². The maximum atomic E-state index is 10.9. The summed E-state index contributed by atoms with van der Waals surface area (Å²) in [5.74, 6) is -0.994. The van der Waals surface area contributed by atoms with Crippen LogP contribution in [0.25, 0.3) is 0 Å². The van der Waals surface area contributed by atoms with E-state index in [1.54, 1.807) is 6.07 Å². The summed E-state index contributed by atoms with van der Waals surface area (Å²) in [4.78, 5) is 12.8. The van der Waals surface area contributed by atoms with Crippen LogP contribution in [0.5, 0.6) is 0 Å². The number of nitrogens with zero attached hydrogens (tertiary/aromatic N) is 1. The van der Waals surface area contributed by atoms with Crippen LogP contribution < -0.4 is 10.6 Å². The van der Waals surface area contributed by atoms with E-state index >= 15 is 0 Å². The lowest BCUT2D eigenvalue weighted by atomic mass is 10.1. The molecule has 0 amide bonds. The number of aromatic carboxylic acids is 1. The quantitative estimate of drug-likeness (QED) is 0.799. The summed E-state index contributed by atoms with van der Waals surface area (Å²) in [7, 11) is 1.88. The van der Waals surface area contributed by atoms with Gasteiger partial charge in [0.05, 0.1) is 16.9 Å². The fourth-order valence-electron chi connectivity index (χ4n) is 2.03. The molecule has 2 aromatic rings. The molecule has 0 aliphatic carbocycles. The number of rotatable bonds is 4. The van der Waals surface area contributed by atoms with E-state index in [0.717, 1.165) is 15.7 Å². The van der Waals surface area contributed by atoms with E-state index in [9.17, 15) is 4.79 Å². The first-order valence-corrected chi connectivity index (χ1v) is 7.33. The molecule has 2 rings (SSSR count). The maximum absolute atomic E-state index is 10.9. The Morgan fingerprint density at radius 2 is 2.05 bits per heavy atom. The van der Waals surface area contributed by atoms with Crippen LogP contribution >= 0.6 is 27.5 Å². The van der Waals surface area contributed by atoms with Gasteiger partial charge in [-0.05, 0) is 35.9 Å². The van der Waals surface area contributed by atoms with Crippen molar-refractivity contribution in [3.8, 4) is 0 Å². The van der Waals surface area contributed by atoms with Crippen LogP contribution in [0, 0.1) is 0 Å². The van der Waals surface area contributed by atoms with Gasteiger partial charge < -0.3 is 15.7 Å². The molecule has 0 saturated heterocycles. The van der Waals surface area contributed by atoms with Crippen molar-refractivity contribution in [3.05, 3.63) is 57.0 Å². The Kier molecular flexibility index (Phi) is 4.75. The predicted octanol–water partition coefficient (Wildman–Crippen LogP) is 4.02. The molecule has 0 radical (unpaired) electrons. The molecule has 4 nitrogen and oxygen atoms in total. The zero-order valence-corrected chi connectivity index (χ0v) is 13.6. The largest absolute Gasteiger partial charge is 0.478 e. The number of nitrogens with two attached hydrogens (primary N) is 1. The minimum absolute atomic E-state index is 0.173. The van der Waals surface area contributed by atoms with Gasteiger partial charge in [-0.3, -0.25) is 0 Å². The fourth-order valence-corrected chi connectivity index (χ4v) is 2.76. The van der Waals surface area contributed by atoms with Crippen LogP contribution in [-0.2, 0) is 6.54 Å². The van der Waals surface area contributed by atoms with Crippen molar-refractivity contribution < 1.29 is 9.90 Å². The van der Waals surface area contributed by atoms with Crippen molar-refractivity contribution in [3.63, 3.8) is 0 Å². The first kappa shape index (κ1) is 15.7. The Morgan fingerprint density at radius 1 is 1.33 bits per heavy atom. The molecule has 2 aromatic carbocycles. The normalized spacial score (nSPS) is 10.4. The monoisotopic (exact) mass is 368 g/mol. The second kappa shape index (κ2) is 6.37. The van der Waals surface area contributed by atoms with E-state index < -0.39 is 5.97 Å². The highest BCUT2D eigenvalue weighted by Gasteiger charge is 2.11. The Morgan fingerprint density at radius 3 is 2.62 bits per heavy atom. The Balaban J connectivity index is 2.24. The summed E-state index contributed by atoms with van der Waals surface area (Å²) < 4.78 is 0.921. The van der Waals surface area contributed by atoms with E-state index in [0.29, 0.717) is 17.3 Å². The fraction of sp³-hybridized carbons (Fsp3) is 0.133. The van der Waals surface area contributed by atoms with Crippen molar-refractivity contribution in [2.45, 2.75) is 6.54 Å².